The third-order valence-electron chi connectivity index (χ3n) is 4.11. The second-order valence-electron chi connectivity index (χ2n) is 6.13. The Labute approximate surface area is 186 Å². The fraction of sp³-hybridized carbons (Fsp3) is 0.136. The number of methoxy groups -OCH3 is 1. The first kappa shape index (κ1) is 21.6. The van der Waals surface area contributed by atoms with Gasteiger partial charge in [0.2, 0.25) is 5.91 Å². The number of carbonyl (C=O) groups is 1. The summed E-state index contributed by atoms with van der Waals surface area (Å²) in [6.07, 6.45) is 1.82. The molecule has 0 radical (unpaired) electrons. The van der Waals surface area contributed by atoms with E-state index in [9.17, 15) is 10.1 Å². The van der Waals surface area contributed by atoms with Crippen molar-refractivity contribution in [1.29, 1.82) is 5.26 Å². The molecule has 0 fully saturated rings. The van der Waals surface area contributed by atoms with Crippen LogP contribution in [0, 0.1) is 11.3 Å². The number of hydrogen-bond acceptors (Lipinski definition) is 6. The van der Waals surface area contributed by atoms with Crippen LogP contribution in [0.2, 0.25) is 0 Å². The normalized spacial score (nSPS) is 10.6. The van der Waals surface area contributed by atoms with Crippen molar-refractivity contribution in [3.05, 3.63) is 80.0 Å². The highest BCUT2D eigenvalue weighted by Gasteiger charge is 2.11. The lowest BCUT2D eigenvalue weighted by atomic mass is 10.1. The van der Waals surface area contributed by atoms with Crippen LogP contribution in [-0.4, -0.2) is 19.2 Å². The fourth-order valence-corrected chi connectivity index (χ4v) is 3.75. The van der Waals surface area contributed by atoms with Gasteiger partial charge in [0, 0.05) is 20.5 Å². The lowest BCUT2D eigenvalue weighted by Crippen LogP contribution is -2.19. The molecule has 0 unspecified atom stereocenters. The van der Waals surface area contributed by atoms with Gasteiger partial charge in [0.25, 0.3) is 0 Å². The molecule has 0 spiro atoms. The fourth-order valence-electron chi connectivity index (χ4n) is 2.62. The van der Waals surface area contributed by atoms with Gasteiger partial charge in [0.15, 0.2) is 11.5 Å². The quantitative estimate of drug-likeness (QED) is 0.372. The first-order valence-electron chi connectivity index (χ1n) is 8.93. The molecule has 2 aromatic carbocycles. The molecule has 30 heavy (non-hydrogen) atoms. The number of benzene rings is 2. The van der Waals surface area contributed by atoms with E-state index >= 15 is 0 Å². The summed E-state index contributed by atoms with van der Waals surface area (Å²) < 4.78 is 12.0. The summed E-state index contributed by atoms with van der Waals surface area (Å²) >= 11 is 5.02. The van der Waals surface area contributed by atoms with E-state index in [2.05, 4.69) is 32.5 Å². The predicted molar refractivity (Wildman–Crippen MR) is 120 cm³/mol. The van der Waals surface area contributed by atoms with Crippen molar-refractivity contribution in [2.24, 2.45) is 5.10 Å². The van der Waals surface area contributed by atoms with Crippen molar-refractivity contribution in [3.63, 3.8) is 0 Å². The minimum atomic E-state index is -0.187. The maximum absolute atomic E-state index is 11.9. The van der Waals surface area contributed by atoms with Gasteiger partial charge in [-0.2, -0.15) is 10.4 Å². The third-order valence-corrected chi connectivity index (χ3v) is 5.67. The Morgan fingerprint density at radius 2 is 2.10 bits per heavy atom. The Morgan fingerprint density at radius 3 is 2.83 bits per heavy atom. The van der Waals surface area contributed by atoms with Gasteiger partial charge in [-0.15, -0.1) is 11.3 Å². The van der Waals surface area contributed by atoms with Crippen LogP contribution >= 0.6 is 27.3 Å². The number of thiophene rings is 1. The molecule has 3 rings (SSSR count). The van der Waals surface area contributed by atoms with Crippen molar-refractivity contribution in [2.45, 2.75) is 13.0 Å². The van der Waals surface area contributed by atoms with Crippen molar-refractivity contribution in [3.8, 4) is 17.6 Å². The molecule has 3 aromatic rings. The van der Waals surface area contributed by atoms with Crippen molar-refractivity contribution < 1.29 is 14.3 Å². The number of nitriles is 1. The second-order valence-corrected chi connectivity index (χ2v) is 8.02. The summed E-state index contributed by atoms with van der Waals surface area (Å²) in [4.78, 5) is 12.9. The summed E-state index contributed by atoms with van der Waals surface area (Å²) in [5.74, 6) is 0.850. The molecule has 152 valence electrons. The standard InChI is InChI=1S/C22H18BrN3O3S/c1-28-20-9-17(13-25-26-22(27)10-18-7-4-8-30-18)19(23)11-21(20)29-14-16-6-3-2-5-15(16)12-24/h2-9,11,13H,10,14H2,1H3,(H,26,27)/b25-13-. The van der Waals surface area contributed by atoms with E-state index in [4.69, 9.17) is 9.47 Å². The first-order chi connectivity index (χ1) is 14.6. The topological polar surface area (TPSA) is 83.7 Å². The minimum absolute atomic E-state index is 0.187. The number of rotatable bonds is 8. The number of nitrogens with zero attached hydrogens (tertiary/aromatic N) is 2. The zero-order valence-electron chi connectivity index (χ0n) is 16.1. The third kappa shape index (κ3) is 5.69. The molecule has 0 atom stereocenters. The van der Waals surface area contributed by atoms with Gasteiger partial charge < -0.3 is 9.47 Å². The highest BCUT2D eigenvalue weighted by atomic mass is 79.9. The molecule has 0 aliphatic carbocycles. The average molecular weight is 484 g/mol. The molecule has 1 heterocycles. The molecule has 0 aliphatic rings. The summed E-state index contributed by atoms with van der Waals surface area (Å²) in [5.41, 5.74) is 4.59. The van der Waals surface area contributed by atoms with Crippen LogP contribution in [0.15, 0.2) is 63.5 Å². The van der Waals surface area contributed by atoms with E-state index in [0.29, 0.717) is 22.6 Å². The van der Waals surface area contributed by atoms with E-state index in [1.807, 2.05) is 35.7 Å². The van der Waals surface area contributed by atoms with E-state index in [-0.39, 0.29) is 18.9 Å². The molecule has 0 aliphatic heterocycles. The van der Waals surface area contributed by atoms with E-state index in [0.717, 1.165) is 14.9 Å². The van der Waals surface area contributed by atoms with Crippen LogP contribution in [0.25, 0.3) is 0 Å². The molecular weight excluding hydrogens is 466 g/mol. The van der Waals surface area contributed by atoms with Crippen molar-refractivity contribution >= 4 is 39.4 Å². The Morgan fingerprint density at radius 1 is 1.27 bits per heavy atom. The molecule has 0 bridgehead atoms. The molecule has 1 aromatic heterocycles. The molecule has 8 heteroatoms. The lowest BCUT2D eigenvalue weighted by Gasteiger charge is -2.13. The highest BCUT2D eigenvalue weighted by molar-refractivity contribution is 9.10. The van der Waals surface area contributed by atoms with Crippen LogP contribution in [-0.2, 0) is 17.8 Å². The minimum Gasteiger partial charge on any atom is -0.493 e. The highest BCUT2D eigenvalue weighted by Crippen LogP contribution is 2.33. The van der Waals surface area contributed by atoms with Gasteiger partial charge in [-0.25, -0.2) is 5.43 Å². The van der Waals surface area contributed by atoms with Crippen LogP contribution in [0.1, 0.15) is 21.6 Å². The van der Waals surface area contributed by atoms with E-state index in [1.54, 1.807) is 25.3 Å². The lowest BCUT2D eigenvalue weighted by molar-refractivity contribution is -0.120. The zero-order valence-corrected chi connectivity index (χ0v) is 18.5. The van der Waals surface area contributed by atoms with Gasteiger partial charge in [-0.05, 0) is 45.6 Å². The smallest absolute Gasteiger partial charge is 0.245 e. The summed E-state index contributed by atoms with van der Waals surface area (Å²) in [7, 11) is 1.54. The van der Waals surface area contributed by atoms with Crippen molar-refractivity contribution in [1.82, 2.24) is 5.43 Å². The summed E-state index contributed by atoms with van der Waals surface area (Å²) in [6, 6.07) is 16.8. The van der Waals surface area contributed by atoms with E-state index in [1.165, 1.54) is 17.6 Å². The van der Waals surface area contributed by atoms with Crippen LogP contribution < -0.4 is 14.9 Å². The Bertz CT molecular complexity index is 1090. The van der Waals surface area contributed by atoms with Crippen molar-refractivity contribution in [2.75, 3.05) is 7.11 Å². The Kier molecular flexibility index (Phi) is 7.60. The number of ether oxygens (including phenoxy) is 2. The largest absolute Gasteiger partial charge is 0.493 e. The van der Waals surface area contributed by atoms with Gasteiger partial charge in [-0.1, -0.05) is 24.3 Å². The maximum Gasteiger partial charge on any atom is 0.245 e. The molecule has 1 amide bonds. The number of hydrazone groups is 1. The molecular formula is C22H18BrN3O3S. The van der Waals surface area contributed by atoms with Gasteiger partial charge in [0.1, 0.15) is 6.61 Å². The molecule has 6 nitrogen and oxygen atoms in total. The van der Waals surface area contributed by atoms with Crippen LogP contribution in [0.5, 0.6) is 11.5 Å². The maximum atomic E-state index is 11.9. The Balaban J connectivity index is 1.67. The number of halogens is 1. The zero-order chi connectivity index (χ0) is 21.3. The number of hydrogen-bond donors (Lipinski definition) is 1. The van der Waals surface area contributed by atoms with Crippen LogP contribution in [0.3, 0.4) is 0 Å². The van der Waals surface area contributed by atoms with E-state index < -0.39 is 0 Å². The molecule has 1 N–H and O–H groups in total. The van der Waals surface area contributed by atoms with Gasteiger partial charge in [0.05, 0.1) is 31.4 Å². The van der Waals surface area contributed by atoms with Crippen LogP contribution in [0.4, 0.5) is 0 Å². The second kappa shape index (κ2) is 10.6. The van der Waals surface area contributed by atoms with Gasteiger partial charge >= 0.3 is 0 Å². The number of carbonyl (C=O) groups excluding carboxylic acids is 1. The number of amides is 1. The SMILES string of the molecule is COc1cc(/C=N\NC(=O)Cc2cccs2)c(Br)cc1OCc1ccccc1C#N. The predicted octanol–water partition coefficient (Wildman–Crippen LogP) is 4.66. The summed E-state index contributed by atoms with van der Waals surface area (Å²) in [5, 5.41) is 15.2. The Hall–Kier alpha value is -3.15. The van der Waals surface area contributed by atoms with Gasteiger partial charge in [-0.3, -0.25) is 4.79 Å². The first-order valence-corrected chi connectivity index (χ1v) is 10.6. The molecule has 0 saturated carbocycles. The number of nitrogens with one attached hydrogen (secondary N) is 1. The average Bonchev–Trinajstić information content (AvgIpc) is 3.26. The molecule has 0 saturated heterocycles. The monoisotopic (exact) mass is 483 g/mol. The summed E-state index contributed by atoms with van der Waals surface area (Å²) in [6.45, 7) is 0.235.